The molecule has 0 aliphatic rings. The van der Waals surface area contributed by atoms with Crippen molar-refractivity contribution in [2.45, 2.75) is 13.8 Å². The lowest BCUT2D eigenvalue weighted by molar-refractivity contribution is 0.0959. The molecular formula is C19H20N2O2. The second-order valence-corrected chi connectivity index (χ2v) is 5.32. The van der Waals surface area contributed by atoms with Crippen molar-refractivity contribution in [1.29, 1.82) is 0 Å². The Balaban J connectivity index is 2.24. The van der Waals surface area contributed by atoms with Crippen LogP contribution in [-0.2, 0) is 0 Å². The molecule has 2 aromatic rings. The van der Waals surface area contributed by atoms with Crippen molar-refractivity contribution in [2.75, 3.05) is 11.9 Å². The molecule has 2 amide bonds. The van der Waals surface area contributed by atoms with E-state index in [1.807, 2.05) is 26.0 Å². The number of benzene rings is 2. The fraction of sp³-hybridized carbons (Fsp3) is 0.158. The number of nitrogens with one attached hydrogen (secondary N) is 2. The molecule has 0 unspecified atom stereocenters. The third kappa shape index (κ3) is 4.07. The average molecular weight is 308 g/mol. The molecule has 0 aliphatic carbocycles. The van der Waals surface area contributed by atoms with Crippen LogP contribution in [0.1, 0.15) is 31.8 Å². The van der Waals surface area contributed by atoms with E-state index in [0.717, 1.165) is 11.1 Å². The van der Waals surface area contributed by atoms with Crippen LogP contribution >= 0.6 is 0 Å². The molecule has 0 atom stereocenters. The predicted octanol–water partition coefficient (Wildman–Crippen LogP) is 3.47. The summed E-state index contributed by atoms with van der Waals surface area (Å²) >= 11 is 0. The third-order valence-corrected chi connectivity index (χ3v) is 3.45. The lowest BCUT2D eigenvalue weighted by atomic mass is 10.0. The molecule has 4 nitrogen and oxygen atoms in total. The van der Waals surface area contributed by atoms with Crippen molar-refractivity contribution >= 4 is 17.5 Å². The van der Waals surface area contributed by atoms with E-state index in [-0.39, 0.29) is 11.8 Å². The van der Waals surface area contributed by atoms with Gasteiger partial charge in [-0.25, -0.2) is 0 Å². The Morgan fingerprint density at radius 2 is 1.78 bits per heavy atom. The maximum absolute atomic E-state index is 12.5. The number of rotatable bonds is 5. The van der Waals surface area contributed by atoms with Crippen molar-refractivity contribution in [1.82, 2.24) is 5.32 Å². The van der Waals surface area contributed by atoms with Gasteiger partial charge in [0.2, 0.25) is 0 Å². The van der Waals surface area contributed by atoms with Gasteiger partial charge in [-0.2, -0.15) is 0 Å². The Kier molecular flexibility index (Phi) is 5.31. The fourth-order valence-corrected chi connectivity index (χ4v) is 2.31. The van der Waals surface area contributed by atoms with Crippen molar-refractivity contribution in [3.63, 3.8) is 0 Å². The SMILES string of the molecule is C=CCNC(=O)c1ccccc1NC(=O)c1ccc(C)cc1C. The first kappa shape index (κ1) is 16.5. The van der Waals surface area contributed by atoms with Crippen LogP contribution in [0.4, 0.5) is 5.69 Å². The highest BCUT2D eigenvalue weighted by Gasteiger charge is 2.14. The lowest BCUT2D eigenvalue weighted by Crippen LogP contribution is -2.25. The van der Waals surface area contributed by atoms with Crippen molar-refractivity contribution in [3.8, 4) is 0 Å². The first-order chi connectivity index (χ1) is 11.0. The molecule has 4 heteroatoms. The molecule has 2 rings (SSSR count). The van der Waals surface area contributed by atoms with Gasteiger partial charge in [0.05, 0.1) is 11.3 Å². The standard InChI is InChI=1S/C19H20N2O2/c1-4-11-20-18(22)16-7-5-6-8-17(16)21-19(23)15-10-9-13(2)12-14(15)3/h4-10,12H,1,11H2,2-3H3,(H,20,22)(H,21,23). The van der Waals surface area contributed by atoms with E-state index >= 15 is 0 Å². The minimum atomic E-state index is -0.249. The molecule has 0 bridgehead atoms. The van der Waals surface area contributed by atoms with E-state index in [1.165, 1.54) is 0 Å². The number of amides is 2. The van der Waals surface area contributed by atoms with Crippen LogP contribution in [-0.4, -0.2) is 18.4 Å². The van der Waals surface area contributed by atoms with E-state index in [2.05, 4.69) is 17.2 Å². The summed E-state index contributed by atoms with van der Waals surface area (Å²) in [5.41, 5.74) is 3.50. The Morgan fingerprint density at radius 1 is 1.04 bits per heavy atom. The van der Waals surface area contributed by atoms with Crippen molar-refractivity contribution < 1.29 is 9.59 Å². The van der Waals surface area contributed by atoms with Crippen molar-refractivity contribution in [3.05, 3.63) is 77.4 Å². The van der Waals surface area contributed by atoms with Crippen LogP contribution in [0.2, 0.25) is 0 Å². The van der Waals surface area contributed by atoms with Gasteiger partial charge in [0, 0.05) is 12.1 Å². The van der Waals surface area contributed by atoms with E-state index in [9.17, 15) is 9.59 Å². The van der Waals surface area contributed by atoms with Gasteiger partial charge in [-0.05, 0) is 37.6 Å². The molecule has 0 saturated heterocycles. The highest BCUT2D eigenvalue weighted by Crippen LogP contribution is 2.18. The van der Waals surface area contributed by atoms with Gasteiger partial charge in [0.25, 0.3) is 11.8 Å². The number of hydrogen-bond acceptors (Lipinski definition) is 2. The Bertz CT molecular complexity index is 751. The fourth-order valence-electron chi connectivity index (χ4n) is 2.31. The summed E-state index contributed by atoms with van der Waals surface area (Å²) in [7, 11) is 0. The van der Waals surface area contributed by atoms with Crippen LogP contribution in [0.3, 0.4) is 0 Å². The average Bonchev–Trinajstić information content (AvgIpc) is 2.53. The monoisotopic (exact) mass is 308 g/mol. The summed E-state index contributed by atoms with van der Waals surface area (Å²) in [6.45, 7) is 7.82. The number of para-hydroxylation sites is 1. The highest BCUT2D eigenvalue weighted by atomic mass is 16.2. The smallest absolute Gasteiger partial charge is 0.255 e. The van der Waals surface area contributed by atoms with Gasteiger partial charge in [0.1, 0.15) is 0 Å². The largest absolute Gasteiger partial charge is 0.349 e. The zero-order valence-corrected chi connectivity index (χ0v) is 13.3. The van der Waals surface area contributed by atoms with Crippen LogP contribution < -0.4 is 10.6 Å². The van der Waals surface area contributed by atoms with Gasteiger partial charge in [0.15, 0.2) is 0 Å². The van der Waals surface area contributed by atoms with Crippen molar-refractivity contribution in [2.24, 2.45) is 0 Å². The zero-order valence-electron chi connectivity index (χ0n) is 13.3. The molecule has 118 valence electrons. The summed E-state index contributed by atoms with van der Waals surface area (Å²) in [6, 6.07) is 12.6. The number of carbonyl (C=O) groups is 2. The molecule has 2 N–H and O–H groups in total. The Labute approximate surface area is 136 Å². The van der Waals surface area contributed by atoms with Gasteiger partial charge in [-0.15, -0.1) is 6.58 Å². The van der Waals surface area contributed by atoms with E-state index in [0.29, 0.717) is 23.4 Å². The molecule has 0 heterocycles. The number of anilines is 1. The number of hydrogen-bond donors (Lipinski definition) is 2. The first-order valence-electron chi connectivity index (χ1n) is 7.39. The minimum Gasteiger partial charge on any atom is -0.349 e. The summed E-state index contributed by atoms with van der Waals surface area (Å²) in [5, 5.41) is 5.53. The van der Waals surface area contributed by atoms with Crippen LogP contribution in [0.25, 0.3) is 0 Å². The molecule has 0 aliphatic heterocycles. The lowest BCUT2D eigenvalue weighted by Gasteiger charge is -2.12. The summed E-state index contributed by atoms with van der Waals surface area (Å²) in [4.78, 5) is 24.6. The zero-order chi connectivity index (χ0) is 16.8. The van der Waals surface area contributed by atoms with E-state index < -0.39 is 0 Å². The second-order valence-electron chi connectivity index (χ2n) is 5.32. The summed E-state index contributed by atoms with van der Waals surface area (Å²) in [5.74, 6) is -0.479. The molecule has 0 fully saturated rings. The van der Waals surface area contributed by atoms with Gasteiger partial charge in [-0.1, -0.05) is 35.9 Å². The van der Waals surface area contributed by atoms with Gasteiger partial charge in [-0.3, -0.25) is 9.59 Å². The second kappa shape index (κ2) is 7.40. The van der Waals surface area contributed by atoms with Crippen LogP contribution in [0.15, 0.2) is 55.1 Å². The van der Waals surface area contributed by atoms with Gasteiger partial charge >= 0.3 is 0 Å². The first-order valence-corrected chi connectivity index (χ1v) is 7.39. The molecule has 23 heavy (non-hydrogen) atoms. The molecule has 0 spiro atoms. The quantitative estimate of drug-likeness (QED) is 0.831. The maximum atomic E-state index is 12.5. The molecule has 0 aromatic heterocycles. The van der Waals surface area contributed by atoms with Crippen LogP contribution in [0, 0.1) is 13.8 Å². The molecule has 0 saturated carbocycles. The van der Waals surface area contributed by atoms with Crippen LogP contribution in [0.5, 0.6) is 0 Å². The molecule has 2 aromatic carbocycles. The van der Waals surface area contributed by atoms with Gasteiger partial charge < -0.3 is 10.6 Å². The Hall–Kier alpha value is -2.88. The minimum absolute atomic E-state index is 0.230. The number of aryl methyl sites for hydroxylation is 2. The Morgan fingerprint density at radius 3 is 2.48 bits per heavy atom. The molecule has 0 radical (unpaired) electrons. The summed E-state index contributed by atoms with van der Waals surface area (Å²) < 4.78 is 0. The summed E-state index contributed by atoms with van der Waals surface area (Å²) in [6.07, 6.45) is 1.61. The third-order valence-electron chi connectivity index (χ3n) is 3.45. The molecular weight excluding hydrogens is 288 g/mol. The predicted molar refractivity (Wildman–Crippen MR) is 92.8 cm³/mol. The topological polar surface area (TPSA) is 58.2 Å². The van der Waals surface area contributed by atoms with E-state index in [1.54, 1.807) is 36.4 Å². The highest BCUT2D eigenvalue weighted by molar-refractivity contribution is 6.09. The van der Waals surface area contributed by atoms with E-state index in [4.69, 9.17) is 0 Å². The number of carbonyl (C=O) groups excluding carboxylic acids is 2. The normalized spacial score (nSPS) is 10.0. The maximum Gasteiger partial charge on any atom is 0.255 e.